The molecule has 2 N–H and O–H groups in total. The third-order valence-corrected chi connectivity index (χ3v) is 2.51. The summed E-state index contributed by atoms with van der Waals surface area (Å²) in [5.74, 6) is 0.449. The molecule has 2 atom stereocenters. The molecule has 90 valence electrons. The standard InChI is InChI=1S/C10H20INO3/c1-4-9(7(2)3)15-6-8(5-13)12-10(11)14/h7-9,13H,4-6H2,1-3H3,(H,12,14). The molecule has 15 heavy (non-hydrogen) atoms. The van der Waals surface area contributed by atoms with Crippen LogP contribution in [-0.2, 0) is 4.74 Å². The van der Waals surface area contributed by atoms with Gasteiger partial charge in [-0.2, -0.15) is 0 Å². The number of ether oxygens (including phenoxy) is 1. The van der Waals surface area contributed by atoms with Crippen LogP contribution in [-0.4, -0.2) is 34.4 Å². The van der Waals surface area contributed by atoms with Crippen molar-refractivity contribution in [1.82, 2.24) is 5.32 Å². The van der Waals surface area contributed by atoms with Crippen LogP contribution in [0, 0.1) is 5.92 Å². The SMILES string of the molecule is CCC(OCC(CO)NC(=O)I)C(C)C. The van der Waals surface area contributed by atoms with E-state index in [1.807, 2.05) is 0 Å². The van der Waals surface area contributed by atoms with E-state index in [0.29, 0.717) is 12.5 Å². The summed E-state index contributed by atoms with van der Waals surface area (Å²) in [5, 5.41) is 11.6. The highest BCUT2D eigenvalue weighted by Gasteiger charge is 2.15. The first-order valence-corrected chi connectivity index (χ1v) is 6.27. The molecule has 0 aromatic carbocycles. The maximum Gasteiger partial charge on any atom is 0.281 e. The largest absolute Gasteiger partial charge is 0.394 e. The minimum atomic E-state index is -0.304. The number of aliphatic hydroxyl groups excluding tert-OH is 1. The van der Waals surface area contributed by atoms with E-state index in [9.17, 15) is 4.79 Å². The summed E-state index contributed by atoms with van der Waals surface area (Å²) in [6.07, 6.45) is 1.12. The van der Waals surface area contributed by atoms with Gasteiger partial charge in [0.2, 0.25) is 0 Å². The molecule has 0 bridgehead atoms. The van der Waals surface area contributed by atoms with Gasteiger partial charge < -0.3 is 15.2 Å². The molecule has 0 fully saturated rings. The average Bonchev–Trinajstić information content (AvgIpc) is 2.15. The van der Waals surface area contributed by atoms with Crippen molar-refractivity contribution >= 4 is 26.5 Å². The molecule has 1 amide bonds. The number of carbonyl (C=O) groups excluding carboxylic acids is 1. The molecule has 0 heterocycles. The van der Waals surface area contributed by atoms with Crippen molar-refractivity contribution in [2.24, 2.45) is 5.92 Å². The van der Waals surface area contributed by atoms with Crippen molar-refractivity contribution in [3.63, 3.8) is 0 Å². The van der Waals surface area contributed by atoms with Gasteiger partial charge in [-0.15, -0.1) is 0 Å². The quantitative estimate of drug-likeness (QED) is 0.426. The van der Waals surface area contributed by atoms with Crippen LogP contribution in [0.3, 0.4) is 0 Å². The zero-order valence-electron chi connectivity index (χ0n) is 9.50. The summed E-state index contributed by atoms with van der Waals surface area (Å²) in [6.45, 7) is 6.53. The Hall–Kier alpha value is 0.120. The number of rotatable bonds is 7. The van der Waals surface area contributed by atoms with Crippen LogP contribution in [0.1, 0.15) is 27.2 Å². The molecule has 0 saturated carbocycles. The van der Waals surface area contributed by atoms with Crippen molar-refractivity contribution in [3.05, 3.63) is 0 Å². The topological polar surface area (TPSA) is 58.6 Å². The molecular weight excluding hydrogens is 309 g/mol. The van der Waals surface area contributed by atoms with Crippen LogP contribution < -0.4 is 5.32 Å². The maximum absolute atomic E-state index is 10.8. The second kappa shape index (κ2) is 8.29. The van der Waals surface area contributed by atoms with Gasteiger partial charge in [-0.3, -0.25) is 4.79 Å². The molecule has 0 aliphatic heterocycles. The Balaban J connectivity index is 3.92. The fourth-order valence-electron chi connectivity index (χ4n) is 1.32. The summed E-state index contributed by atoms with van der Waals surface area (Å²) in [4.78, 5) is 10.8. The Morgan fingerprint density at radius 3 is 2.47 bits per heavy atom. The van der Waals surface area contributed by atoms with Crippen LogP contribution in [0.5, 0.6) is 0 Å². The predicted octanol–water partition coefficient (Wildman–Crippen LogP) is 1.94. The molecule has 0 radical (unpaired) electrons. The smallest absolute Gasteiger partial charge is 0.281 e. The van der Waals surface area contributed by atoms with Crippen LogP contribution >= 0.6 is 22.6 Å². The van der Waals surface area contributed by atoms with Gasteiger partial charge in [0.05, 0.1) is 25.4 Å². The molecular formula is C10H20INO3. The second-order valence-corrected chi connectivity index (χ2v) is 4.80. The normalized spacial score (nSPS) is 15.1. The van der Waals surface area contributed by atoms with Crippen LogP contribution in [0.2, 0.25) is 0 Å². The minimum Gasteiger partial charge on any atom is -0.394 e. The van der Waals surface area contributed by atoms with Crippen LogP contribution in [0.15, 0.2) is 0 Å². The Morgan fingerprint density at radius 2 is 2.13 bits per heavy atom. The van der Waals surface area contributed by atoms with Gasteiger partial charge in [-0.1, -0.05) is 20.8 Å². The molecule has 0 aromatic heterocycles. The average molecular weight is 329 g/mol. The summed E-state index contributed by atoms with van der Waals surface area (Å²) in [6, 6.07) is -0.304. The highest BCUT2D eigenvalue weighted by atomic mass is 127. The van der Waals surface area contributed by atoms with Crippen molar-refractivity contribution in [2.45, 2.75) is 39.3 Å². The highest BCUT2D eigenvalue weighted by Crippen LogP contribution is 2.10. The van der Waals surface area contributed by atoms with Gasteiger partial charge in [0.1, 0.15) is 0 Å². The molecule has 4 nitrogen and oxygen atoms in total. The summed E-state index contributed by atoms with van der Waals surface area (Å²) in [7, 11) is 0. The van der Waals surface area contributed by atoms with E-state index in [-0.39, 0.29) is 22.7 Å². The predicted molar refractivity (Wildman–Crippen MR) is 68.3 cm³/mol. The summed E-state index contributed by atoms with van der Waals surface area (Å²) in [5.41, 5.74) is 0. The lowest BCUT2D eigenvalue weighted by Crippen LogP contribution is -2.39. The Morgan fingerprint density at radius 1 is 1.53 bits per heavy atom. The van der Waals surface area contributed by atoms with Crippen molar-refractivity contribution in [2.75, 3.05) is 13.2 Å². The van der Waals surface area contributed by atoms with E-state index in [1.54, 1.807) is 22.6 Å². The van der Waals surface area contributed by atoms with E-state index in [4.69, 9.17) is 9.84 Å². The van der Waals surface area contributed by atoms with Gasteiger partial charge in [-0.05, 0) is 12.3 Å². The molecule has 5 heteroatoms. The summed E-state index contributed by atoms with van der Waals surface area (Å²) < 4.78 is 5.46. The van der Waals surface area contributed by atoms with Crippen molar-refractivity contribution < 1.29 is 14.6 Å². The van der Waals surface area contributed by atoms with Crippen LogP contribution in [0.25, 0.3) is 0 Å². The maximum atomic E-state index is 10.8. The molecule has 2 unspecified atom stereocenters. The van der Waals surface area contributed by atoms with Gasteiger partial charge in [-0.25, -0.2) is 0 Å². The van der Waals surface area contributed by atoms with Crippen molar-refractivity contribution in [1.29, 1.82) is 0 Å². The number of nitrogens with one attached hydrogen (secondary N) is 1. The first-order valence-electron chi connectivity index (χ1n) is 5.19. The molecule has 0 aliphatic carbocycles. The third kappa shape index (κ3) is 7.08. The Bertz CT molecular complexity index is 188. The molecule has 0 aliphatic rings. The zero-order chi connectivity index (χ0) is 11.8. The van der Waals surface area contributed by atoms with Gasteiger partial charge in [0.15, 0.2) is 0 Å². The summed E-state index contributed by atoms with van der Waals surface area (Å²) >= 11 is 1.64. The molecule has 0 saturated heterocycles. The van der Waals surface area contributed by atoms with E-state index < -0.39 is 0 Å². The third-order valence-electron chi connectivity index (χ3n) is 2.20. The lowest BCUT2D eigenvalue weighted by Gasteiger charge is -2.23. The zero-order valence-corrected chi connectivity index (χ0v) is 11.7. The Kier molecular flexibility index (Phi) is 8.36. The van der Waals surface area contributed by atoms with E-state index in [1.165, 1.54) is 0 Å². The van der Waals surface area contributed by atoms with Gasteiger partial charge in [0.25, 0.3) is 3.91 Å². The lowest BCUT2D eigenvalue weighted by molar-refractivity contribution is 0.00213. The first-order chi connectivity index (χ1) is 7.01. The number of halogens is 1. The second-order valence-electron chi connectivity index (χ2n) is 3.82. The minimum absolute atomic E-state index is 0.0940. The molecule has 0 aromatic rings. The number of hydrogen-bond donors (Lipinski definition) is 2. The number of hydrogen-bond acceptors (Lipinski definition) is 3. The van der Waals surface area contributed by atoms with E-state index in [0.717, 1.165) is 6.42 Å². The lowest BCUT2D eigenvalue weighted by atomic mass is 10.1. The fourth-order valence-corrected chi connectivity index (χ4v) is 1.76. The van der Waals surface area contributed by atoms with Gasteiger partial charge in [0, 0.05) is 22.6 Å². The fraction of sp³-hybridized carbons (Fsp3) is 0.900. The van der Waals surface area contributed by atoms with Crippen LogP contribution in [0.4, 0.5) is 4.79 Å². The number of aliphatic hydroxyl groups is 1. The number of carbonyl (C=O) groups is 1. The molecule has 0 spiro atoms. The number of amides is 1. The van der Waals surface area contributed by atoms with Crippen molar-refractivity contribution in [3.8, 4) is 0 Å². The molecule has 0 rings (SSSR count). The highest BCUT2D eigenvalue weighted by molar-refractivity contribution is 14.1. The Labute approximate surface area is 105 Å². The monoisotopic (exact) mass is 329 g/mol. The first kappa shape index (κ1) is 15.1. The van der Waals surface area contributed by atoms with E-state index >= 15 is 0 Å². The van der Waals surface area contributed by atoms with E-state index in [2.05, 4.69) is 26.1 Å². The van der Waals surface area contributed by atoms with Gasteiger partial charge >= 0.3 is 0 Å².